The minimum absolute atomic E-state index is 0.0886. The van der Waals surface area contributed by atoms with Crippen LogP contribution in [0.5, 0.6) is 5.75 Å². The van der Waals surface area contributed by atoms with Crippen molar-refractivity contribution in [2.45, 2.75) is 45.3 Å². The van der Waals surface area contributed by atoms with Gasteiger partial charge in [-0.25, -0.2) is 0 Å². The van der Waals surface area contributed by atoms with E-state index in [1.54, 1.807) is 12.1 Å². The Bertz CT molecular complexity index is 712. The number of rotatable bonds is 5. The number of amides is 1. The van der Waals surface area contributed by atoms with E-state index in [9.17, 15) is 9.90 Å². The van der Waals surface area contributed by atoms with Gasteiger partial charge in [-0.3, -0.25) is 4.79 Å². The Morgan fingerprint density at radius 1 is 1.04 bits per heavy atom. The maximum atomic E-state index is 11.5. The lowest BCUT2D eigenvalue weighted by Gasteiger charge is -2.23. The number of primary amides is 1. The van der Waals surface area contributed by atoms with Gasteiger partial charge in [0.25, 0.3) is 5.91 Å². The maximum absolute atomic E-state index is 11.5. The minimum atomic E-state index is -1.73. The minimum Gasteiger partial charge on any atom is -0.489 e. The first-order chi connectivity index (χ1) is 11.1. The summed E-state index contributed by atoms with van der Waals surface area (Å²) >= 11 is 0. The number of aliphatic hydroxyl groups is 1. The Labute approximate surface area is 143 Å². The Balaban J connectivity index is 2.17. The van der Waals surface area contributed by atoms with Crippen molar-refractivity contribution in [2.75, 3.05) is 0 Å². The van der Waals surface area contributed by atoms with Crippen LogP contribution in [0.25, 0.3) is 0 Å². The van der Waals surface area contributed by atoms with E-state index < -0.39 is 11.5 Å². The second-order valence-corrected chi connectivity index (χ2v) is 7.16. The molecule has 0 heterocycles. The highest BCUT2D eigenvalue weighted by Crippen LogP contribution is 2.27. The summed E-state index contributed by atoms with van der Waals surface area (Å²) in [7, 11) is 0. The molecule has 0 radical (unpaired) electrons. The van der Waals surface area contributed by atoms with Gasteiger partial charge in [-0.1, -0.05) is 57.2 Å². The van der Waals surface area contributed by atoms with Gasteiger partial charge >= 0.3 is 0 Å². The molecule has 0 spiro atoms. The molecule has 128 valence electrons. The molecule has 0 aliphatic heterocycles. The molecule has 0 saturated carbocycles. The molecular formula is C20H25NO3. The monoisotopic (exact) mass is 327 g/mol. The van der Waals surface area contributed by atoms with Crippen LogP contribution in [0.3, 0.4) is 0 Å². The van der Waals surface area contributed by atoms with Crippen LogP contribution in [0.15, 0.2) is 48.5 Å². The van der Waals surface area contributed by atoms with Crippen molar-refractivity contribution in [3.05, 3.63) is 65.2 Å². The molecule has 0 aliphatic rings. The summed E-state index contributed by atoms with van der Waals surface area (Å²) in [6.45, 7) is 8.11. The number of carbonyl (C=O) groups excluding carboxylic acids is 1. The van der Waals surface area contributed by atoms with E-state index in [0.717, 1.165) is 11.3 Å². The Morgan fingerprint density at radius 3 is 2.17 bits per heavy atom. The molecule has 1 atom stereocenters. The first kappa shape index (κ1) is 18.0. The van der Waals surface area contributed by atoms with Crippen molar-refractivity contribution < 1.29 is 14.6 Å². The van der Waals surface area contributed by atoms with Crippen molar-refractivity contribution in [1.82, 2.24) is 0 Å². The van der Waals surface area contributed by atoms with Gasteiger partial charge in [-0.2, -0.15) is 0 Å². The summed E-state index contributed by atoms with van der Waals surface area (Å²) in [4.78, 5) is 11.5. The highest BCUT2D eigenvalue weighted by atomic mass is 16.5. The normalized spacial score (nSPS) is 14.0. The molecule has 2 aromatic rings. The van der Waals surface area contributed by atoms with E-state index in [1.807, 2.05) is 36.4 Å². The van der Waals surface area contributed by atoms with Crippen LogP contribution in [-0.2, 0) is 22.4 Å². The van der Waals surface area contributed by atoms with Crippen LogP contribution < -0.4 is 10.5 Å². The van der Waals surface area contributed by atoms with E-state index in [2.05, 4.69) is 20.8 Å². The second kappa shape index (κ2) is 6.65. The Morgan fingerprint density at radius 2 is 1.62 bits per heavy atom. The summed E-state index contributed by atoms with van der Waals surface area (Å²) in [6.07, 6.45) is 0. The van der Waals surface area contributed by atoms with Crippen LogP contribution >= 0.6 is 0 Å². The van der Waals surface area contributed by atoms with E-state index in [0.29, 0.717) is 5.56 Å². The lowest BCUT2D eigenvalue weighted by atomic mass is 9.87. The molecule has 0 aliphatic carbocycles. The molecule has 2 aromatic carbocycles. The summed E-state index contributed by atoms with van der Waals surface area (Å²) in [5.74, 6) is -0.0546. The average molecular weight is 327 g/mol. The van der Waals surface area contributed by atoms with Crippen LogP contribution in [0.2, 0.25) is 0 Å². The summed E-state index contributed by atoms with van der Waals surface area (Å²) in [5.41, 5.74) is 6.08. The Hall–Kier alpha value is -2.33. The van der Waals surface area contributed by atoms with Crippen LogP contribution in [-0.4, -0.2) is 11.0 Å². The molecule has 4 heteroatoms. The largest absolute Gasteiger partial charge is 0.489 e. The van der Waals surface area contributed by atoms with E-state index in [1.165, 1.54) is 12.5 Å². The highest BCUT2D eigenvalue weighted by Gasteiger charge is 2.32. The zero-order chi connectivity index (χ0) is 18.0. The number of benzene rings is 2. The molecule has 1 unspecified atom stereocenters. The first-order valence-corrected chi connectivity index (χ1v) is 7.96. The number of carbonyl (C=O) groups is 1. The van der Waals surface area contributed by atoms with Crippen molar-refractivity contribution in [2.24, 2.45) is 5.73 Å². The van der Waals surface area contributed by atoms with Gasteiger partial charge in [0.05, 0.1) is 0 Å². The number of hydrogen-bond donors (Lipinski definition) is 2. The smallest absolute Gasteiger partial charge is 0.253 e. The fourth-order valence-electron chi connectivity index (χ4n) is 2.47. The van der Waals surface area contributed by atoms with Gasteiger partial charge in [0, 0.05) is 0 Å². The third-order valence-corrected chi connectivity index (χ3v) is 4.14. The highest BCUT2D eigenvalue weighted by molar-refractivity contribution is 5.84. The third kappa shape index (κ3) is 3.95. The average Bonchev–Trinajstić information content (AvgIpc) is 2.52. The van der Waals surface area contributed by atoms with Crippen molar-refractivity contribution in [3.8, 4) is 5.75 Å². The first-order valence-electron chi connectivity index (χ1n) is 7.96. The molecule has 0 bridgehead atoms. The standard InChI is InChI=1S/C20H25NO3/c1-19(2,3)15-9-11-16(12-10-15)24-13-14-7-5-6-8-17(14)20(4,23)18(21)22/h5-12,23H,13H2,1-4H3,(H2,21,22). The molecule has 0 fully saturated rings. The molecule has 1 amide bonds. The second-order valence-electron chi connectivity index (χ2n) is 7.16. The lowest BCUT2D eigenvalue weighted by Crippen LogP contribution is -2.39. The predicted molar refractivity (Wildman–Crippen MR) is 94.7 cm³/mol. The summed E-state index contributed by atoms with van der Waals surface area (Å²) in [5, 5.41) is 10.3. The van der Waals surface area contributed by atoms with Gasteiger partial charge in [-0.05, 0) is 41.2 Å². The lowest BCUT2D eigenvalue weighted by molar-refractivity contribution is -0.135. The maximum Gasteiger partial charge on any atom is 0.253 e. The van der Waals surface area contributed by atoms with Gasteiger partial charge in [0.1, 0.15) is 12.4 Å². The zero-order valence-electron chi connectivity index (χ0n) is 14.7. The summed E-state index contributed by atoms with van der Waals surface area (Å²) in [6, 6.07) is 15.0. The van der Waals surface area contributed by atoms with Crippen molar-refractivity contribution in [3.63, 3.8) is 0 Å². The number of hydrogen-bond acceptors (Lipinski definition) is 3. The molecule has 4 nitrogen and oxygen atoms in total. The predicted octanol–water partition coefficient (Wildman–Crippen LogP) is 3.26. The van der Waals surface area contributed by atoms with Gasteiger partial charge in [-0.15, -0.1) is 0 Å². The third-order valence-electron chi connectivity index (χ3n) is 4.14. The molecule has 24 heavy (non-hydrogen) atoms. The van der Waals surface area contributed by atoms with Gasteiger partial charge < -0.3 is 15.6 Å². The zero-order valence-corrected chi connectivity index (χ0v) is 14.7. The molecular weight excluding hydrogens is 302 g/mol. The quantitative estimate of drug-likeness (QED) is 0.885. The number of nitrogens with two attached hydrogens (primary N) is 1. The van der Waals surface area contributed by atoms with Crippen molar-refractivity contribution >= 4 is 5.91 Å². The fourth-order valence-corrected chi connectivity index (χ4v) is 2.47. The van der Waals surface area contributed by atoms with Crippen LogP contribution in [0.1, 0.15) is 44.4 Å². The van der Waals surface area contributed by atoms with E-state index >= 15 is 0 Å². The fraction of sp³-hybridized carbons (Fsp3) is 0.350. The van der Waals surface area contributed by atoms with E-state index in [-0.39, 0.29) is 12.0 Å². The number of ether oxygens (including phenoxy) is 1. The molecule has 0 aromatic heterocycles. The van der Waals surface area contributed by atoms with Crippen LogP contribution in [0, 0.1) is 0 Å². The topological polar surface area (TPSA) is 72.6 Å². The Kier molecular flexibility index (Phi) is 4.99. The van der Waals surface area contributed by atoms with Gasteiger partial charge in [0.15, 0.2) is 5.60 Å². The molecule has 0 saturated heterocycles. The molecule has 3 N–H and O–H groups in total. The van der Waals surface area contributed by atoms with E-state index in [4.69, 9.17) is 10.5 Å². The van der Waals surface area contributed by atoms with Crippen LogP contribution in [0.4, 0.5) is 0 Å². The summed E-state index contributed by atoms with van der Waals surface area (Å²) < 4.78 is 5.81. The van der Waals surface area contributed by atoms with Crippen molar-refractivity contribution in [1.29, 1.82) is 0 Å². The van der Waals surface area contributed by atoms with Gasteiger partial charge in [0.2, 0.25) is 0 Å². The SMILES string of the molecule is CC(C)(C)c1ccc(OCc2ccccc2C(C)(O)C(N)=O)cc1. The molecule has 2 rings (SSSR count).